The number of aromatic nitrogens is 3. The van der Waals surface area contributed by atoms with E-state index in [4.69, 9.17) is 0 Å². The summed E-state index contributed by atoms with van der Waals surface area (Å²) in [5.74, 6) is -0.355. The van der Waals surface area contributed by atoms with Crippen LogP contribution in [0.25, 0.3) is 0 Å². The van der Waals surface area contributed by atoms with Gasteiger partial charge in [-0.3, -0.25) is 19.3 Å². The van der Waals surface area contributed by atoms with E-state index in [1.54, 1.807) is 35.1 Å². The van der Waals surface area contributed by atoms with E-state index in [0.717, 1.165) is 22.9 Å². The van der Waals surface area contributed by atoms with Gasteiger partial charge in [-0.2, -0.15) is 0 Å². The van der Waals surface area contributed by atoms with Crippen LogP contribution in [0.3, 0.4) is 0 Å². The summed E-state index contributed by atoms with van der Waals surface area (Å²) in [5.41, 5.74) is 2.68. The molecule has 0 aliphatic carbocycles. The molecule has 1 N–H and O–H groups in total. The highest BCUT2D eigenvalue weighted by molar-refractivity contribution is 8.14. The van der Waals surface area contributed by atoms with Gasteiger partial charge in [0.05, 0.1) is 25.0 Å². The molecule has 3 aromatic rings. The third-order valence-electron chi connectivity index (χ3n) is 4.35. The van der Waals surface area contributed by atoms with E-state index in [1.807, 2.05) is 30.3 Å². The lowest BCUT2D eigenvalue weighted by Gasteiger charge is -2.13. The summed E-state index contributed by atoms with van der Waals surface area (Å²) < 4.78 is 1.61. The van der Waals surface area contributed by atoms with Crippen molar-refractivity contribution in [2.75, 3.05) is 11.1 Å². The summed E-state index contributed by atoms with van der Waals surface area (Å²) in [7, 11) is 0. The summed E-state index contributed by atoms with van der Waals surface area (Å²) >= 11 is 1.01. The van der Waals surface area contributed by atoms with Crippen molar-refractivity contribution < 1.29 is 14.4 Å². The molecule has 0 spiro atoms. The zero-order chi connectivity index (χ0) is 20.2. The predicted octanol–water partition coefficient (Wildman–Crippen LogP) is 2.77. The molecule has 1 aliphatic heterocycles. The van der Waals surface area contributed by atoms with Crippen molar-refractivity contribution in [1.29, 1.82) is 0 Å². The van der Waals surface area contributed by atoms with E-state index in [1.165, 1.54) is 4.90 Å². The Morgan fingerprint density at radius 3 is 2.41 bits per heavy atom. The van der Waals surface area contributed by atoms with Crippen molar-refractivity contribution in [2.24, 2.45) is 0 Å². The maximum Gasteiger partial charge on any atom is 0.289 e. The molecule has 1 aliphatic rings. The number of imide groups is 1. The summed E-state index contributed by atoms with van der Waals surface area (Å²) in [6.45, 7) is 0.759. The Morgan fingerprint density at radius 1 is 1.00 bits per heavy atom. The maximum atomic E-state index is 12.4. The number of benzene rings is 2. The molecule has 3 amide bonds. The first-order valence-corrected chi connectivity index (χ1v) is 9.88. The molecule has 1 aromatic heterocycles. The van der Waals surface area contributed by atoms with E-state index >= 15 is 0 Å². The topological polar surface area (TPSA) is 97.2 Å². The quantitative estimate of drug-likeness (QED) is 0.675. The number of thioether (sulfide) groups is 1. The van der Waals surface area contributed by atoms with Gasteiger partial charge in [0.25, 0.3) is 11.1 Å². The van der Waals surface area contributed by atoms with Gasteiger partial charge < -0.3 is 5.32 Å². The van der Waals surface area contributed by atoms with Crippen molar-refractivity contribution in [3.63, 3.8) is 0 Å². The molecule has 0 atom stereocenters. The van der Waals surface area contributed by atoms with Gasteiger partial charge >= 0.3 is 0 Å². The molecule has 8 nitrogen and oxygen atoms in total. The number of carbonyl (C=O) groups is 3. The smallest absolute Gasteiger partial charge is 0.289 e. The molecule has 0 unspecified atom stereocenters. The third-order valence-corrected chi connectivity index (χ3v) is 5.21. The summed E-state index contributed by atoms with van der Waals surface area (Å²) in [6.07, 6.45) is 1.60. The second-order valence-electron chi connectivity index (χ2n) is 6.47. The lowest BCUT2D eigenvalue weighted by molar-refractivity contribution is -0.125. The normalized spacial score (nSPS) is 13.7. The minimum atomic E-state index is -0.363. The van der Waals surface area contributed by atoms with Crippen molar-refractivity contribution in [2.45, 2.75) is 13.1 Å². The minimum Gasteiger partial charge on any atom is -0.321 e. The molecule has 0 saturated carbocycles. The molecule has 2 aromatic carbocycles. The summed E-state index contributed by atoms with van der Waals surface area (Å²) in [6, 6.07) is 16.8. The molecular formula is C20H17N5O3S. The zero-order valence-electron chi connectivity index (χ0n) is 15.3. The molecule has 29 heavy (non-hydrogen) atoms. The second kappa shape index (κ2) is 8.27. The highest BCUT2D eigenvalue weighted by Gasteiger charge is 2.29. The molecule has 2 heterocycles. The fourth-order valence-electron chi connectivity index (χ4n) is 2.86. The Hall–Kier alpha value is -3.46. The Bertz CT molecular complexity index is 1030. The summed E-state index contributed by atoms with van der Waals surface area (Å²) in [4.78, 5) is 37.0. The van der Waals surface area contributed by atoms with E-state index in [2.05, 4.69) is 15.6 Å². The average molecular weight is 407 g/mol. The number of amides is 3. The van der Waals surface area contributed by atoms with Crippen LogP contribution in [-0.2, 0) is 17.9 Å². The lowest BCUT2D eigenvalue weighted by Crippen LogP contribution is -2.27. The molecule has 1 saturated heterocycles. The number of carbonyl (C=O) groups excluding carboxylic acids is 3. The molecule has 9 heteroatoms. The van der Waals surface area contributed by atoms with Gasteiger partial charge in [-0.15, -0.1) is 5.10 Å². The lowest BCUT2D eigenvalue weighted by atomic mass is 10.2. The number of hydrogen-bond donors (Lipinski definition) is 1. The van der Waals surface area contributed by atoms with Gasteiger partial charge in [0, 0.05) is 5.69 Å². The first-order valence-electron chi connectivity index (χ1n) is 8.90. The number of hydrogen-bond acceptors (Lipinski definition) is 6. The zero-order valence-corrected chi connectivity index (χ0v) is 16.1. The average Bonchev–Trinajstić information content (AvgIpc) is 3.32. The van der Waals surface area contributed by atoms with E-state index in [0.29, 0.717) is 12.2 Å². The molecule has 0 radical (unpaired) electrons. The van der Waals surface area contributed by atoms with Crippen molar-refractivity contribution >= 4 is 34.5 Å². The third kappa shape index (κ3) is 4.52. The second-order valence-corrected chi connectivity index (χ2v) is 7.40. The highest BCUT2D eigenvalue weighted by Crippen LogP contribution is 2.22. The standard InChI is InChI=1S/C20H17N5O3S/c26-18-13-29-20(28)25(18)11-15-6-8-16(9-7-15)21-19(27)17-12-24(23-22-17)10-14-4-2-1-3-5-14/h1-9,12H,10-11,13H2,(H,21,27). The SMILES string of the molecule is O=C(Nc1ccc(CN2C(=O)CSC2=O)cc1)c1cn(Cc2ccccc2)nn1. The first-order chi connectivity index (χ1) is 14.1. The maximum absolute atomic E-state index is 12.4. The Kier molecular flexibility index (Phi) is 5.39. The van der Waals surface area contributed by atoms with Crippen molar-refractivity contribution in [3.05, 3.63) is 77.6 Å². The van der Waals surface area contributed by atoms with Crippen LogP contribution in [0.2, 0.25) is 0 Å². The number of nitrogens with zero attached hydrogens (tertiary/aromatic N) is 4. The highest BCUT2D eigenvalue weighted by atomic mass is 32.2. The molecule has 146 valence electrons. The molecule has 0 bridgehead atoms. The van der Waals surface area contributed by atoms with Crippen molar-refractivity contribution in [1.82, 2.24) is 19.9 Å². The van der Waals surface area contributed by atoms with Crippen LogP contribution in [0.5, 0.6) is 0 Å². The van der Waals surface area contributed by atoms with Gasteiger partial charge in [0.1, 0.15) is 0 Å². The van der Waals surface area contributed by atoms with Gasteiger partial charge in [-0.05, 0) is 23.3 Å². The fraction of sp³-hybridized carbons (Fsp3) is 0.150. The summed E-state index contributed by atoms with van der Waals surface area (Å²) in [5, 5.41) is 10.5. The Morgan fingerprint density at radius 2 is 1.72 bits per heavy atom. The fourth-order valence-corrected chi connectivity index (χ4v) is 3.58. The van der Waals surface area contributed by atoms with Crippen LogP contribution >= 0.6 is 11.8 Å². The number of anilines is 1. The van der Waals surface area contributed by atoms with E-state index in [9.17, 15) is 14.4 Å². The van der Waals surface area contributed by atoms with E-state index < -0.39 is 0 Å². The van der Waals surface area contributed by atoms with Crippen LogP contribution in [0, 0.1) is 0 Å². The molecule has 1 fully saturated rings. The monoisotopic (exact) mass is 407 g/mol. The minimum absolute atomic E-state index is 0.184. The molecule has 4 rings (SSSR count). The largest absolute Gasteiger partial charge is 0.321 e. The first kappa shape index (κ1) is 18.9. The Labute approximate surface area is 170 Å². The van der Waals surface area contributed by atoms with Gasteiger partial charge in [0.15, 0.2) is 5.69 Å². The number of rotatable bonds is 6. The van der Waals surface area contributed by atoms with Crippen LogP contribution in [0.15, 0.2) is 60.8 Å². The van der Waals surface area contributed by atoms with Crippen LogP contribution < -0.4 is 5.32 Å². The van der Waals surface area contributed by atoms with Gasteiger partial charge in [-0.1, -0.05) is 59.4 Å². The van der Waals surface area contributed by atoms with Crippen LogP contribution in [-0.4, -0.2) is 42.7 Å². The van der Waals surface area contributed by atoms with Crippen LogP contribution in [0.4, 0.5) is 10.5 Å². The van der Waals surface area contributed by atoms with Crippen LogP contribution in [0.1, 0.15) is 21.6 Å². The van der Waals surface area contributed by atoms with E-state index in [-0.39, 0.29) is 35.0 Å². The van der Waals surface area contributed by atoms with Crippen molar-refractivity contribution in [3.8, 4) is 0 Å². The predicted molar refractivity (Wildman–Crippen MR) is 108 cm³/mol. The molecular weight excluding hydrogens is 390 g/mol. The Balaban J connectivity index is 1.36. The van der Waals surface area contributed by atoms with Gasteiger partial charge in [0.2, 0.25) is 5.91 Å². The number of nitrogens with one attached hydrogen (secondary N) is 1. The van der Waals surface area contributed by atoms with Gasteiger partial charge in [-0.25, -0.2) is 4.68 Å².